The van der Waals surface area contributed by atoms with Crippen LogP contribution in [-0.2, 0) is 13.0 Å². The molecule has 1 fully saturated rings. The quantitative estimate of drug-likeness (QED) is 0.849. The van der Waals surface area contributed by atoms with Crippen LogP contribution in [0.25, 0.3) is 11.0 Å². The summed E-state index contributed by atoms with van der Waals surface area (Å²) >= 11 is 0. The molecule has 2 aliphatic rings. The molecule has 0 bridgehead atoms. The van der Waals surface area contributed by atoms with E-state index >= 15 is 0 Å². The summed E-state index contributed by atoms with van der Waals surface area (Å²) in [6.45, 7) is 10.6. The molecule has 1 aromatic heterocycles. The van der Waals surface area contributed by atoms with Crippen LogP contribution in [0.5, 0.6) is 0 Å². The number of aromatic nitrogens is 2. The Morgan fingerprint density at radius 3 is 3.11 bits per heavy atom. The molecule has 0 aliphatic carbocycles. The minimum atomic E-state index is 0.488. The van der Waals surface area contributed by atoms with E-state index in [4.69, 9.17) is 4.98 Å². The van der Waals surface area contributed by atoms with Gasteiger partial charge < -0.3 is 14.8 Å². The largest absolute Gasteiger partial charge is 0.355 e. The Balaban J connectivity index is 1.59. The van der Waals surface area contributed by atoms with Crippen molar-refractivity contribution in [3.8, 4) is 0 Å². The third-order valence-electron chi connectivity index (χ3n) is 5.61. The Hall–Kier alpha value is -2.47. The number of hydrogen-bond donors (Lipinski definition) is 1. The fraction of sp³-hybridized carbons (Fsp3) is 0.476. The highest BCUT2D eigenvalue weighted by molar-refractivity contribution is 5.77. The van der Waals surface area contributed by atoms with Gasteiger partial charge >= 0.3 is 0 Å². The van der Waals surface area contributed by atoms with Gasteiger partial charge in [-0.1, -0.05) is 6.07 Å². The van der Waals surface area contributed by atoms with E-state index in [0.717, 1.165) is 56.9 Å². The van der Waals surface area contributed by atoms with Gasteiger partial charge in [0, 0.05) is 51.3 Å². The topological polar surface area (TPSA) is 57.8 Å². The lowest BCUT2D eigenvalue weighted by Gasteiger charge is -2.34. The lowest BCUT2D eigenvalue weighted by atomic mass is 9.90. The summed E-state index contributed by atoms with van der Waals surface area (Å²) < 4.78 is 2.37. The molecule has 142 valence electrons. The molecule has 2 aromatic rings. The predicted octanol–water partition coefficient (Wildman–Crippen LogP) is 2.95. The number of nitrogens with zero attached hydrogens (tertiary/aromatic N) is 5. The Morgan fingerprint density at radius 2 is 2.26 bits per heavy atom. The van der Waals surface area contributed by atoms with Crippen molar-refractivity contribution in [2.75, 3.05) is 26.2 Å². The van der Waals surface area contributed by atoms with Crippen LogP contribution in [0, 0.1) is 0 Å². The van der Waals surface area contributed by atoms with Crippen molar-refractivity contribution in [3.63, 3.8) is 0 Å². The first kappa shape index (κ1) is 17.9. The van der Waals surface area contributed by atoms with Crippen LogP contribution < -0.4 is 5.32 Å². The summed E-state index contributed by atoms with van der Waals surface area (Å²) in [6.07, 6.45) is 6.92. The van der Waals surface area contributed by atoms with Gasteiger partial charge in [0.15, 0.2) is 0 Å². The first-order valence-corrected chi connectivity index (χ1v) is 9.89. The summed E-state index contributed by atoms with van der Waals surface area (Å²) in [5.74, 6) is 2.55. The first-order chi connectivity index (χ1) is 13.3. The number of aliphatic imine (C=N–C) groups is 2. The van der Waals surface area contributed by atoms with Gasteiger partial charge in [-0.15, -0.1) is 0 Å². The Labute approximate surface area is 160 Å². The minimum absolute atomic E-state index is 0.488. The Bertz CT molecular complexity index is 878. The van der Waals surface area contributed by atoms with Gasteiger partial charge in [0.1, 0.15) is 11.6 Å². The standard InChI is InChI=1S/C21H28N6/c1-3-23-14-21(22-2)26-11-4-5-17(15-26)16-6-7-19-18(13-16)25-20-8-9-24-10-12-27(19)20/h3,6-7,13-14,17,24H,2,4-5,8-12,15H2,1H3/b21-14+,23-3?. The predicted molar refractivity (Wildman–Crippen MR) is 112 cm³/mol. The van der Waals surface area contributed by atoms with Gasteiger partial charge in [-0.25, -0.2) is 9.98 Å². The second-order valence-electron chi connectivity index (χ2n) is 7.27. The molecular weight excluding hydrogens is 336 g/mol. The maximum atomic E-state index is 4.93. The van der Waals surface area contributed by atoms with E-state index in [-0.39, 0.29) is 0 Å². The average molecular weight is 364 g/mol. The summed E-state index contributed by atoms with van der Waals surface area (Å²) in [4.78, 5) is 15.6. The van der Waals surface area contributed by atoms with Crippen LogP contribution in [0.2, 0.25) is 0 Å². The van der Waals surface area contributed by atoms with Gasteiger partial charge in [0.2, 0.25) is 0 Å². The zero-order valence-electron chi connectivity index (χ0n) is 16.1. The number of rotatable bonds is 4. The first-order valence-electron chi connectivity index (χ1n) is 9.89. The molecule has 6 heteroatoms. The molecule has 6 nitrogen and oxygen atoms in total. The van der Waals surface area contributed by atoms with Gasteiger partial charge in [0.25, 0.3) is 0 Å². The van der Waals surface area contributed by atoms with Crippen molar-refractivity contribution in [2.24, 2.45) is 9.98 Å². The molecule has 2 aliphatic heterocycles. The Morgan fingerprint density at radius 1 is 1.33 bits per heavy atom. The minimum Gasteiger partial charge on any atom is -0.355 e. The lowest BCUT2D eigenvalue weighted by Crippen LogP contribution is -2.33. The molecule has 1 unspecified atom stereocenters. The van der Waals surface area contributed by atoms with Crippen LogP contribution in [0.15, 0.2) is 40.2 Å². The molecule has 27 heavy (non-hydrogen) atoms. The van der Waals surface area contributed by atoms with Crippen molar-refractivity contribution in [1.29, 1.82) is 0 Å². The third-order valence-corrected chi connectivity index (χ3v) is 5.61. The zero-order valence-corrected chi connectivity index (χ0v) is 16.1. The number of fused-ring (bicyclic) bond motifs is 3. The van der Waals surface area contributed by atoms with Crippen molar-refractivity contribution in [1.82, 2.24) is 19.8 Å². The molecule has 0 saturated carbocycles. The van der Waals surface area contributed by atoms with E-state index in [2.05, 4.69) is 49.7 Å². The van der Waals surface area contributed by atoms with E-state index in [9.17, 15) is 0 Å². The van der Waals surface area contributed by atoms with Crippen LogP contribution in [-0.4, -0.2) is 53.6 Å². The van der Waals surface area contributed by atoms with Crippen LogP contribution in [0.3, 0.4) is 0 Å². The van der Waals surface area contributed by atoms with Crippen LogP contribution in [0.1, 0.15) is 37.1 Å². The highest BCUT2D eigenvalue weighted by Gasteiger charge is 2.23. The summed E-state index contributed by atoms with van der Waals surface area (Å²) in [5, 5.41) is 3.45. The van der Waals surface area contributed by atoms with Gasteiger partial charge in [-0.3, -0.25) is 4.99 Å². The van der Waals surface area contributed by atoms with E-state index in [1.807, 2.05) is 6.92 Å². The SMILES string of the molecule is C=N/C(=C\N=CC)N1CCCC(c2ccc3c(c2)nc2n3CCNCC2)C1. The fourth-order valence-corrected chi connectivity index (χ4v) is 4.23. The molecule has 1 saturated heterocycles. The Kier molecular flexibility index (Phi) is 5.34. The maximum Gasteiger partial charge on any atom is 0.146 e. The number of piperidine rings is 1. The molecule has 0 radical (unpaired) electrons. The second-order valence-corrected chi connectivity index (χ2v) is 7.27. The number of hydrogen-bond acceptors (Lipinski definition) is 5. The summed E-state index contributed by atoms with van der Waals surface area (Å²) in [7, 11) is 0. The van der Waals surface area contributed by atoms with Crippen LogP contribution >= 0.6 is 0 Å². The monoisotopic (exact) mass is 364 g/mol. The zero-order chi connectivity index (χ0) is 18.6. The van der Waals surface area contributed by atoms with Crippen LogP contribution in [0.4, 0.5) is 0 Å². The van der Waals surface area contributed by atoms with Gasteiger partial charge in [-0.2, -0.15) is 0 Å². The fourth-order valence-electron chi connectivity index (χ4n) is 4.23. The third kappa shape index (κ3) is 3.67. The number of imidazole rings is 1. The summed E-state index contributed by atoms with van der Waals surface area (Å²) in [6, 6.07) is 6.85. The number of nitrogens with one attached hydrogen (secondary N) is 1. The second kappa shape index (κ2) is 8.05. The normalized spacial score (nSPS) is 21.4. The van der Waals surface area contributed by atoms with Crippen molar-refractivity contribution < 1.29 is 0 Å². The molecule has 1 aromatic carbocycles. The molecule has 4 rings (SSSR count). The number of benzene rings is 1. The molecular formula is C21H28N6. The summed E-state index contributed by atoms with van der Waals surface area (Å²) in [5.41, 5.74) is 3.77. The van der Waals surface area contributed by atoms with E-state index in [0.29, 0.717) is 5.92 Å². The number of likely N-dealkylation sites (tertiary alicyclic amines) is 1. The van der Waals surface area contributed by atoms with Crippen molar-refractivity contribution in [2.45, 2.75) is 38.6 Å². The van der Waals surface area contributed by atoms with Crippen molar-refractivity contribution in [3.05, 3.63) is 41.6 Å². The smallest absolute Gasteiger partial charge is 0.146 e. The highest BCUT2D eigenvalue weighted by atomic mass is 15.2. The maximum absolute atomic E-state index is 4.93. The average Bonchev–Trinajstić information content (AvgIpc) is 2.88. The molecule has 1 atom stereocenters. The molecule has 1 N–H and O–H groups in total. The van der Waals surface area contributed by atoms with E-state index in [1.165, 1.54) is 23.3 Å². The molecule has 3 heterocycles. The van der Waals surface area contributed by atoms with Gasteiger partial charge in [0.05, 0.1) is 17.2 Å². The molecule has 0 spiro atoms. The lowest BCUT2D eigenvalue weighted by molar-refractivity contribution is 0.256. The van der Waals surface area contributed by atoms with Gasteiger partial charge in [-0.05, 0) is 44.2 Å². The van der Waals surface area contributed by atoms with E-state index < -0.39 is 0 Å². The highest BCUT2D eigenvalue weighted by Crippen LogP contribution is 2.31. The van der Waals surface area contributed by atoms with Crippen molar-refractivity contribution >= 4 is 24.0 Å². The molecule has 0 amide bonds. The van der Waals surface area contributed by atoms with E-state index in [1.54, 1.807) is 12.4 Å².